The van der Waals surface area contributed by atoms with Crippen LogP contribution in [0.15, 0.2) is 18.2 Å². The van der Waals surface area contributed by atoms with E-state index in [1.54, 1.807) is 18.7 Å². The van der Waals surface area contributed by atoms with Crippen LogP contribution in [0.3, 0.4) is 0 Å². The molecular weight excluding hydrogens is 392 g/mol. The maximum Gasteiger partial charge on any atom is 0.273 e. The monoisotopic (exact) mass is 412 g/mol. The Bertz CT molecular complexity index is 1030. The second-order valence-corrected chi connectivity index (χ2v) is 7.96. The average Bonchev–Trinajstić information content (AvgIpc) is 3.03. The number of nitrogens with one attached hydrogen (secondary N) is 1. The van der Waals surface area contributed by atoms with Gasteiger partial charge >= 0.3 is 0 Å². The van der Waals surface area contributed by atoms with Gasteiger partial charge in [0, 0.05) is 30.3 Å². The van der Waals surface area contributed by atoms with Crippen LogP contribution in [-0.2, 0) is 0 Å². The molecule has 0 saturated carbocycles. The lowest BCUT2D eigenvalue weighted by Crippen LogP contribution is -2.35. The van der Waals surface area contributed by atoms with Gasteiger partial charge in [-0.05, 0) is 44.7 Å². The zero-order valence-electron chi connectivity index (χ0n) is 16.2. The van der Waals surface area contributed by atoms with Crippen molar-refractivity contribution in [1.82, 2.24) is 4.90 Å². The molecule has 0 atom stereocenters. The number of aryl methyl sites for hydroxylation is 1. The van der Waals surface area contributed by atoms with E-state index < -0.39 is 10.8 Å². The molecule has 9 heteroatoms. The van der Waals surface area contributed by atoms with Gasteiger partial charge in [0.2, 0.25) is 0 Å². The standard InChI is InChI=1S/C20H20N4O4S/c1-12-6-7-14(10-16(12)24(27)28)18(25)22-19-15(11-21)13(2)17(29-19)20(26)23-8-4-3-5-9-23/h6-7,10H,3-5,8-9H2,1-2H3,(H,22,25). The number of likely N-dealkylation sites (tertiary alicyclic amines) is 1. The summed E-state index contributed by atoms with van der Waals surface area (Å²) in [5.74, 6) is -0.696. The smallest absolute Gasteiger partial charge is 0.273 e. The number of piperidine rings is 1. The molecule has 1 fully saturated rings. The molecule has 0 spiro atoms. The average molecular weight is 412 g/mol. The summed E-state index contributed by atoms with van der Waals surface area (Å²) in [5.41, 5.74) is 1.19. The number of hydrogen-bond acceptors (Lipinski definition) is 6. The zero-order valence-corrected chi connectivity index (χ0v) is 17.0. The second kappa shape index (κ2) is 8.41. The molecule has 29 heavy (non-hydrogen) atoms. The zero-order chi connectivity index (χ0) is 21.1. The van der Waals surface area contributed by atoms with E-state index in [0.717, 1.165) is 30.6 Å². The number of thiophene rings is 1. The highest BCUT2D eigenvalue weighted by Crippen LogP contribution is 2.34. The van der Waals surface area contributed by atoms with Gasteiger partial charge in [0.15, 0.2) is 0 Å². The maximum absolute atomic E-state index is 12.9. The topological polar surface area (TPSA) is 116 Å². The lowest BCUT2D eigenvalue weighted by Gasteiger charge is -2.26. The number of carbonyl (C=O) groups is 2. The first-order valence-electron chi connectivity index (χ1n) is 9.22. The number of carbonyl (C=O) groups excluding carboxylic acids is 2. The number of nitrogens with zero attached hydrogens (tertiary/aromatic N) is 3. The van der Waals surface area contributed by atoms with E-state index in [2.05, 4.69) is 11.4 Å². The van der Waals surface area contributed by atoms with Crippen molar-refractivity contribution in [3.05, 3.63) is 55.4 Å². The van der Waals surface area contributed by atoms with E-state index >= 15 is 0 Å². The van der Waals surface area contributed by atoms with E-state index in [1.807, 2.05) is 0 Å². The van der Waals surface area contributed by atoms with Crippen molar-refractivity contribution in [2.45, 2.75) is 33.1 Å². The number of nitro benzene ring substituents is 1. The van der Waals surface area contributed by atoms with E-state index in [-0.39, 0.29) is 27.7 Å². The highest BCUT2D eigenvalue weighted by molar-refractivity contribution is 7.18. The summed E-state index contributed by atoms with van der Waals surface area (Å²) in [4.78, 5) is 38.3. The second-order valence-electron chi connectivity index (χ2n) is 6.94. The summed E-state index contributed by atoms with van der Waals surface area (Å²) >= 11 is 1.07. The Balaban J connectivity index is 1.88. The molecule has 1 aromatic carbocycles. The SMILES string of the molecule is Cc1ccc(C(=O)Nc2sc(C(=O)N3CCCCC3)c(C)c2C#N)cc1[N+](=O)[O-]. The van der Waals surface area contributed by atoms with Crippen molar-refractivity contribution in [2.24, 2.45) is 0 Å². The Morgan fingerprint density at radius 3 is 2.55 bits per heavy atom. The lowest BCUT2D eigenvalue weighted by molar-refractivity contribution is -0.385. The molecule has 2 amide bonds. The third-order valence-corrected chi connectivity index (χ3v) is 6.19. The molecule has 1 saturated heterocycles. The van der Waals surface area contributed by atoms with Crippen LogP contribution in [0.25, 0.3) is 0 Å². The number of benzene rings is 1. The van der Waals surface area contributed by atoms with E-state index in [4.69, 9.17) is 0 Å². The normalized spacial score (nSPS) is 13.6. The number of amides is 2. The summed E-state index contributed by atoms with van der Waals surface area (Å²) in [6.45, 7) is 4.66. The molecule has 1 N–H and O–H groups in total. The Morgan fingerprint density at radius 1 is 1.24 bits per heavy atom. The lowest BCUT2D eigenvalue weighted by atomic mass is 10.1. The minimum atomic E-state index is -0.567. The van der Waals surface area contributed by atoms with Crippen molar-refractivity contribution in [2.75, 3.05) is 18.4 Å². The van der Waals surface area contributed by atoms with Crippen molar-refractivity contribution >= 4 is 33.8 Å². The van der Waals surface area contributed by atoms with Gasteiger partial charge in [-0.1, -0.05) is 6.07 Å². The Kier molecular flexibility index (Phi) is 5.94. The van der Waals surface area contributed by atoms with Gasteiger partial charge in [0.25, 0.3) is 17.5 Å². The first-order chi connectivity index (χ1) is 13.8. The molecule has 2 aromatic rings. The van der Waals surface area contributed by atoms with Gasteiger partial charge in [-0.3, -0.25) is 19.7 Å². The Labute approximate surface area is 171 Å². The summed E-state index contributed by atoms with van der Waals surface area (Å²) in [7, 11) is 0. The van der Waals surface area contributed by atoms with Gasteiger partial charge in [-0.15, -0.1) is 11.3 Å². The fourth-order valence-electron chi connectivity index (χ4n) is 3.30. The van der Waals surface area contributed by atoms with Gasteiger partial charge in [-0.2, -0.15) is 5.26 Å². The van der Waals surface area contributed by atoms with Crippen molar-refractivity contribution in [3.63, 3.8) is 0 Å². The third-order valence-electron chi connectivity index (χ3n) is 4.99. The fraction of sp³-hybridized carbons (Fsp3) is 0.350. The van der Waals surface area contributed by atoms with E-state index in [9.17, 15) is 25.0 Å². The molecule has 1 aliphatic rings. The summed E-state index contributed by atoms with van der Waals surface area (Å²) in [6, 6.07) is 6.25. The first kappa shape index (κ1) is 20.5. The van der Waals surface area contributed by atoms with E-state index in [1.165, 1.54) is 18.2 Å². The number of anilines is 1. The molecule has 8 nitrogen and oxygen atoms in total. The molecule has 2 heterocycles. The maximum atomic E-state index is 12.9. The molecule has 0 aliphatic carbocycles. The van der Waals surface area contributed by atoms with Crippen LogP contribution >= 0.6 is 11.3 Å². The first-order valence-corrected chi connectivity index (χ1v) is 10.0. The van der Waals surface area contributed by atoms with Crippen LogP contribution in [0, 0.1) is 35.3 Å². The van der Waals surface area contributed by atoms with Crippen LogP contribution < -0.4 is 5.32 Å². The van der Waals surface area contributed by atoms with Crippen molar-refractivity contribution in [1.29, 1.82) is 5.26 Å². The number of nitriles is 1. The van der Waals surface area contributed by atoms with Crippen molar-refractivity contribution in [3.8, 4) is 6.07 Å². The van der Waals surface area contributed by atoms with Crippen LogP contribution in [0.4, 0.5) is 10.7 Å². The predicted octanol–water partition coefficient (Wildman–Crippen LogP) is 4.02. The largest absolute Gasteiger partial charge is 0.338 e. The molecule has 1 aromatic heterocycles. The van der Waals surface area contributed by atoms with Crippen LogP contribution in [0.5, 0.6) is 0 Å². The summed E-state index contributed by atoms with van der Waals surface area (Å²) < 4.78 is 0. The Morgan fingerprint density at radius 2 is 1.93 bits per heavy atom. The quantitative estimate of drug-likeness (QED) is 0.601. The van der Waals surface area contributed by atoms with Gasteiger partial charge in [-0.25, -0.2) is 0 Å². The summed E-state index contributed by atoms with van der Waals surface area (Å²) in [5, 5.41) is 23.6. The summed E-state index contributed by atoms with van der Waals surface area (Å²) in [6.07, 6.45) is 3.01. The van der Waals surface area contributed by atoms with Gasteiger partial charge in [0.1, 0.15) is 11.1 Å². The molecule has 0 unspecified atom stereocenters. The van der Waals surface area contributed by atoms with Gasteiger partial charge in [0.05, 0.1) is 15.4 Å². The highest BCUT2D eigenvalue weighted by atomic mass is 32.1. The van der Waals surface area contributed by atoms with E-state index in [0.29, 0.717) is 29.1 Å². The molecule has 0 bridgehead atoms. The molecule has 0 radical (unpaired) electrons. The molecular formula is C20H20N4O4S. The fourth-order valence-corrected chi connectivity index (χ4v) is 4.42. The Hall–Kier alpha value is -3.25. The van der Waals surface area contributed by atoms with Gasteiger partial charge < -0.3 is 10.2 Å². The minimum Gasteiger partial charge on any atom is -0.338 e. The number of rotatable bonds is 4. The molecule has 3 rings (SSSR count). The van der Waals surface area contributed by atoms with Crippen molar-refractivity contribution < 1.29 is 14.5 Å². The molecule has 150 valence electrons. The predicted molar refractivity (Wildman–Crippen MR) is 109 cm³/mol. The number of hydrogen-bond donors (Lipinski definition) is 1. The highest BCUT2D eigenvalue weighted by Gasteiger charge is 2.26. The van der Waals surface area contributed by atoms with Crippen LogP contribution in [-0.4, -0.2) is 34.7 Å². The van der Waals surface area contributed by atoms with Crippen LogP contribution in [0.2, 0.25) is 0 Å². The number of nitro groups is 1. The van der Waals surface area contributed by atoms with Crippen LogP contribution in [0.1, 0.15) is 56.0 Å². The molecule has 1 aliphatic heterocycles. The minimum absolute atomic E-state index is 0.112. The third kappa shape index (κ3) is 4.12.